The molecule has 1 aliphatic carbocycles. The lowest BCUT2D eigenvalue weighted by Crippen LogP contribution is -2.49. The molecular weight excluding hydrogens is 406 g/mol. The lowest BCUT2D eigenvalue weighted by atomic mass is 10.1. The number of methoxy groups -OCH3 is 1. The van der Waals surface area contributed by atoms with E-state index >= 15 is 0 Å². The fourth-order valence-corrected chi connectivity index (χ4v) is 4.40. The van der Waals surface area contributed by atoms with Crippen molar-refractivity contribution in [2.75, 3.05) is 26.8 Å². The second kappa shape index (κ2) is 10.9. The van der Waals surface area contributed by atoms with Gasteiger partial charge in [-0.2, -0.15) is 0 Å². The van der Waals surface area contributed by atoms with Crippen molar-refractivity contribution in [3.8, 4) is 0 Å². The standard InChI is InChI=1S/C21H27N3O5S/c1-28-12-10-24(18(25)14-22-20(26)16-8-4-11-29-16)19(17-9-5-13-30-17)21(27)23-15-6-2-3-7-15/h4-5,8-9,11,13,15,19H,2-3,6-7,10,12,14H2,1H3,(H,22,26)(H,23,27)/t19-/m0/s1. The number of rotatable bonds is 10. The van der Waals surface area contributed by atoms with Gasteiger partial charge in [0.15, 0.2) is 5.76 Å². The monoisotopic (exact) mass is 433 g/mol. The van der Waals surface area contributed by atoms with Crippen molar-refractivity contribution in [1.82, 2.24) is 15.5 Å². The summed E-state index contributed by atoms with van der Waals surface area (Å²) in [5.41, 5.74) is 0. The van der Waals surface area contributed by atoms with Crippen LogP contribution in [0.15, 0.2) is 40.3 Å². The van der Waals surface area contributed by atoms with Crippen LogP contribution in [0.2, 0.25) is 0 Å². The Hall–Kier alpha value is -2.65. The third kappa shape index (κ3) is 5.70. The third-order valence-corrected chi connectivity index (χ3v) is 6.00. The van der Waals surface area contributed by atoms with Gasteiger partial charge in [0.1, 0.15) is 6.04 Å². The molecular formula is C21H27N3O5S. The van der Waals surface area contributed by atoms with Crippen LogP contribution in [0.1, 0.15) is 47.2 Å². The van der Waals surface area contributed by atoms with Gasteiger partial charge in [-0.25, -0.2) is 0 Å². The molecule has 8 nitrogen and oxygen atoms in total. The number of nitrogens with one attached hydrogen (secondary N) is 2. The van der Waals surface area contributed by atoms with E-state index in [9.17, 15) is 14.4 Å². The number of carbonyl (C=O) groups excluding carboxylic acids is 3. The smallest absolute Gasteiger partial charge is 0.287 e. The van der Waals surface area contributed by atoms with E-state index in [1.165, 1.54) is 28.6 Å². The van der Waals surface area contributed by atoms with Gasteiger partial charge >= 0.3 is 0 Å². The van der Waals surface area contributed by atoms with Gasteiger partial charge in [0.2, 0.25) is 11.8 Å². The molecule has 2 aromatic heterocycles. The summed E-state index contributed by atoms with van der Waals surface area (Å²) in [7, 11) is 1.54. The minimum Gasteiger partial charge on any atom is -0.459 e. The van der Waals surface area contributed by atoms with Crippen molar-refractivity contribution in [3.05, 3.63) is 46.5 Å². The summed E-state index contributed by atoms with van der Waals surface area (Å²) in [6.45, 7) is 0.255. The molecule has 9 heteroatoms. The lowest BCUT2D eigenvalue weighted by molar-refractivity contribution is -0.141. The van der Waals surface area contributed by atoms with Crippen LogP contribution in [0.4, 0.5) is 0 Å². The van der Waals surface area contributed by atoms with Gasteiger partial charge in [0.25, 0.3) is 5.91 Å². The molecule has 0 bridgehead atoms. The van der Waals surface area contributed by atoms with Gasteiger partial charge in [-0.1, -0.05) is 18.9 Å². The van der Waals surface area contributed by atoms with Crippen molar-refractivity contribution in [2.24, 2.45) is 0 Å². The summed E-state index contributed by atoms with van der Waals surface area (Å²) < 4.78 is 10.2. The Kier molecular flexibility index (Phi) is 8.04. The molecule has 3 amide bonds. The first kappa shape index (κ1) is 22.0. The molecule has 1 atom stereocenters. The van der Waals surface area contributed by atoms with Crippen LogP contribution >= 0.6 is 11.3 Å². The molecule has 0 saturated heterocycles. The normalized spacial score (nSPS) is 15.0. The summed E-state index contributed by atoms with van der Waals surface area (Å²) in [6.07, 6.45) is 5.49. The van der Waals surface area contributed by atoms with E-state index < -0.39 is 11.9 Å². The van der Waals surface area contributed by atoms with Gasteiger partial charge in [0.05, 0.1) is 19.4 Å². The molecule has 0 radical (unpaired) electrons. The lowest BCUT2D eigenvalue weighted by Gasteiger charge is -2.31. The van der Waals surface area contributed by atoms with E-state index in [4.69, 9.17) is 9.15 Å². The molecule has 2 N–H and O–H groups in total. The molecule has 0 aliphatic heterocycles. The van der Waals surface area contributed by atoms with E-state index in [2.05, 4.69) is 10.6 Å². The quantitative estimate of drug-likeness (QED) is 0.599. The van der Waals surface area contributed by atoms with Crippen molar-refractivity contribution in [3.63, 3.8) is 0 Å². The largest absolute Gasteiger partial charge is 0.459 e. The van der Waals surface area contributed by atoms with Crippen LogP contribution in [0, 0.1) is 0 Å². The molecule has 30 heavy (non-hydrogen) atoms. The summed E-state index contributed by atoms with van der Waals surface area (Å²) in [5.74, 6) is -0.929. The molecule has 0 unspecified atom stereocenters. The molecule has 0 aromatic carbocycles. The Balaban J connectivity index is 1.74. The van der Waals surface area contributed by atoms with Crippen molar-refractivity contribution in [1.29, 1.82) is 0 Å². The van der Waals surface area contributed by atoms with Gasteiger partial charge in [-0.15, -0.1) is 11.3 Å². The Bertz CT molecular complexity index is 816. The van der Waals surface area contributed by atoms with Gasteiger partial charge in [0, 0.05) is 24.6 Å². The van der Waals surface area contributed by atoms with Crippen LogP contribution < -0.4 is 10.6 Å². The second-order valence-corrected chi connectivity index (χ2v) is 8.13. The van der Waals surface area contributed by atoms with E-state index in [1.807, 2.05) is 17.5 Å². The average molecular weight is 434 g/mol. The van der Waals surface area contributed by atoms with E-state index in [-0.39, 0.29) is 43.3 Å². The maximum Gasteiger partial charge on any atom is 0.287 e. The highest BCUT2D eigenvalue weighted by atomic mass is 32.1. The Morgan fingerprint density at radius 3 is 2.70 bits per heavy atom. The maximum absolute atomic E-state index is 13.2. The van der Waals surface area contributed by atoms with E-state index in [1.54, 1.807) is 13.2 Å². The second-order valence-electron chi connectivity index (χ2n) is 7.15. The first-order chi connectivity index (χ1) is 14.6. The van der Waals surface area contributed by atoms with Gasteiger partial charge in [-0.3, -0.25) is 14.4 Å². The Morgan fingerprint density at radius 2 is 2.07 bits per heavy atom. The average Bonchev–Trinajstić information content (AvgIpc) is 3.51. The van der Waals surface area contributed by atoms with Crippen LogP contribution in [-0.4, -0.2) is 55.5 Å². The molecule has 2 aromatic rings. The minimum absolute atomic E-state index is 0.125. The predicted octanol–water partition coefficient (Wildman–Crippen LogP) is 2.35. The highest BCUT2D eigenvalue weighted by molar-refractivity contribution is 7.10. The van der Waals surface area contributed by atoms with Crippen LogP contribution in [0.5, 0.6) is 0 Å². The fraction of sp³-hybridized carbons (Fsp3) is 0.476. The number of thiophene rings is 1. The number of carbonyl (C=O) groups is 3. The summed E-state index contributed by atoms with van der Waals surface area (Å²) in [6, 6.07) is 6.19. The van der Waals surface area contributed by atoms with Crippen molar-refractivity contribution >= 4 is 29.1 Å². The first-order valence-corrected chi connectivity index (χ1v) is 10.9. The molecule has 0 spiro atoms. The molecule has 1 saturated carbocycles. The molecule has 3 rings (SSSR count). The van der Waals surface area contributed by atoms with Crippen LogP contribution in [0.3, 0.4) is 0 Å². The van der Waals surface area contributed by atoms with E-state index in [0.29, 0.717) is 0 Å². The Labute approximate surface area is 179 Å². The number of hydrogen-bond acceptors (Lipinski definition) is 6. The topological polar surface area (TPSA) is 101 Å². The zero-order valence-corrected chi connectivity index (χ0v) is 17.8. The number of ether oxygens (including phenoxy) is 1. The fourth-order valence-electron chi connectivity index (χ4n) is 3.56. The zero-order valence-electron chi connectivity index (χ0n) is 17.0. The summed E-state index contributed by atoms with van der Waals surface area (Å²) in [5, 5.41) is 7.54. The number of nitrogens with zero attached hydrogens (tertiary/aromatic N) is 1. The number of furan rings is 1. The maximum atomic E-state index is 13.2. The van der Waals surface area contributed by atoms with Crippen molar-refractivity contribution in [2.45, 2.75) is 37.8 Å². The van der Waals surface area contributed by atoms with E-state index in [0.717, 1.165) is 30.6 Å². The number of amides is 3. The number of hydrogen-bond donors (Lipinski definition) is 2. The van der Waals surface area contributed by atoms with Crippen LogP contribution in [-0.2, 0) is 14.3 Å². The first-order valence-electron chi connectivity index (χ1n) is 10.0. The van der Waals surface area contributed by atoms with Gasteiger partial charge in [-0.05, 0) is 36.4 Å². The third-order valence-electron chi connectivity index (χ3n) is 5.08. The molecule has 1 aliphatic rings. The molecule has 1 fully saturated rings. The van der Waals surface area contributed by atoms with Crippen LogP contribution in [0.25, 0.3) is 0 Å². The Morgan fingerprint density at radius 1 is 1.27 bits per heavy atom. The minimum atomic E-state index is -0.770. The summed E-state index contributed by atoms with van der Waals surface area (Å²) >= 11 is 1.42. The highest BCUT2D eigenvalue weighted by Crippen LogP contribution is 2.27. The SMILES string of the molecule is COCCN(C(=O)CNC(=O)c1ccco1)[C@H](C(=O)NC1CCCC1)c1cccs1. The molecule has 162 valence electrons. The summed E-state index contributed by atoms with van der Waals surface area (Å²) in [4.78, 5) is 40.6. The highest BCUT2D eigenvalue weighted by Gasteiger charge is 2.33. The van der Waals surface area contributed by atoms with Gasteiger partial charge < -0.3 is 24.7 Å². The van der Waals surface area contributed by atoms with Crippen molar-refractivity contribution < 1.29 is 23.5 Å². The zero-order chi connectivity index (χ0) is 21.3. The molecule has 2 heterocycles. The predicted molar refractivity (Wildman–Crippen MR) is 112 cm³/mol.